The first-order valence-electron chi connectivity index (χ1n) is 13.4. The minimum absolute atomic E-state index is 0.0272. The Morgan fingerprint density at radius 2 is 1.85 bits per heavy atom. The highest BCUT2D eigenvalue weighted by Gasteiger charge is 2.41. The van der Waals surface area contributed by atoms with E-state index < -0.39 is 28.8 Å². The molecule has 0 saturated carbocycles. The van der Waals surface area contributed by atoms with Gasteiger partial charge in [0.25, 0.3) is 0 Å². The van der Waals surface area contributed by atoms with Crippen molar-refractivity contribution < 1.29 is 22.3 Å². The Labute approximate surface area is 233 Å². The van der Waals surface area contributed by atoms with Gasteiger partial charge in [0.2, 0.25) is 0 Å². The number of anilines is 2. The Bertz CT molecular complexity index is 1450. The number of rotatable bonds is 5. The van der Waals surface area contributed by atoms with Gasteiger partial charge in [-0.25, -0.2) is 9.37 Å². The quantitative estimate of drug-likeness (QED) is 0.416. The first-order chi connectivity index (χ1) is 19.0. The molecule has 3 aliphatic rings. The molecule has 3 saturated heterocycles. The molecule has 3 atom stereocenters. The van der Waals surface area contributed by atoms with Crippen molar-refractivity contribution in [3.8, 4) is 17.3 Å². The number of nitrogen functional groups attached to an aromatic ring is 1. The Morgan fingerprint density at radius 1 is 1.12 bits per heavy atom. The zero-order valence-electron chi connectivity index (χ0n) is 22.2. The fourth-order valence-electron chi connectivity index (χ4n) is 6.36. The van der Waals surface area contributed by atoms with E-state index in [0.717, 1.165) is 51.4 Å². The molecule has 0 amide bonds. The molecule has 2 bridgehead atoms. The molecule has 40 heavy (non-hydrogen) atoms. The van der Waals surface area contributed by atoms with Crippen molar-refractivity contribution in [2.75, 3.05) is 43.9 Å². The van der Waals surface area contributed by atoms with Crippen LogP contribution in [0, 0.1) is 12.7 Å². The molecule has 214 valence electrons. The highest BCUT2D eigenvalue weighted by atomic mass is 35.5. The molecule has 13 heteroatoms. The van der Waals surface area contributed by atoms with Gasteiger partial charge in [-0.05, 0) is 63.9 Å². The molecule has 3 aromatic rings. The van der Waals surface area contributed by atoms with Crippen LogP contribution < -0.4 is 20.7 Å². The monoisotopic (exact) mass is 579 g/mol. The van der Waals surface area contributed by atoms with Gasteiger partial charge in [-0.1, -0.05) is 11.6 Å². The number of aryl methyl sites for hydroxylation is 1. The number of likely N-dealkylation sites (N-methyl/N-ethyl adjacent to an activating group) is 1. The van der Waals surface area contributed by atoms with Gasteiger partial charge in [0.15, 0.2) is 5.82 Å². The van der Waals surface area contributed by atoms with E-state index in [-0.39, 0.29) is 46.1 Å². The third kappa shape index (κ3) is 4.69. The van der Waals surface area contributed by atoms with Crippen molar-refractivity contribution >= 4 is 34.1 Å². The second-order valence-corrected chi connectivity index (χ2v) is 11.3. The van der Waals surface area contributed by atoms with Gasteiger partial charge in [0.1, 0.15) is 23.8 Å². The van der Waals surface area contributed by atoms with Crippen LogP contribution in [0.15, 0.2) is 12.1 Å². The highest BCUT2D eigenvalue weighted by Crippen LogP contribution is 2.45. The lowest BCUT2D eigenvalue weighted by Gasteiger charge is -2.37. The molecule has 5 heterocycles. The number of hydrogen-bond acceptors (Lipinski definition) is 8. The number of ether oxygens (including phenoxy) is 1. The molecule has 2 aromatic heterocycles. The van der Waals surface area contributed by atoms with E-state index in [0.29, 0.717) is 17.8 Å². The molecule has 1 aromatic carbocycles. The number of hydrogen-bond donors (Lipinski definition) is 2. The molecule has 0 unspecified atom stereocenters. The molecule has 0 spiro atoms. The van der Waals surface area contributed by atoms with Crippen LogP contribution in [0.2, 0.25) is 5.02 Å². The van der Waals surface area contributed by atoms with Gasteiger partial charge in [0, 0.05) is 36.6 Å². The van der Waals surface area contributed by atoms with Crippen molar-refractivity contribution in [2.24, 2.45) is 0 Å². The average molecular weight is 580 g/mol. The number of halogens is 5. The minimum atomic E-state index is -4.82. The third-order valence-electron chi connectivity index (χ3n) is 8.30. The molecule has 3 aliphatic heterocycles. The zero-order chi connectivity index (χ0) is 28.3. The van der Waals surface area contributed by atoms with Crippen LogP contribution in [0.4, 0.5) is 29.2 Å². The lowest BCUT2D eigenvalue weighted by atomic mass is 9.99. The number of piperazine rings is 1. The van der Waals surface area contributed by atoms with Gasteiger partial charge in [-0.3, -0.25) is 0 Å². The van der Waals surface area contributed by atoms with Crippen molar-refractivity contribution in [1.29, 1.82) is 0 Å². The van der Waals surface area contributed by atoms with E-state index in [1.54, 1.807) is 0 Å². The standard InChI is InChI=1S/C27H30ClF4N7O/c1-13-8-19(33)35-24(21(13)27(30,31)32)20-18(28)9-17-23(22(20)29)36-26(40-12-16-4-3-7-38(16)2)37-25(17)39-14-5-6-15(39)11-34-10-14/h8-9,14-16,34H,3-7,10-12H2,1-2H3,(H2,33,35)/t14-,15-,16-/m0/s1. The largest absolute Gasteiger partial charge is 0.462 e. The second kappa shape index (κ2) is 10.1. The Balaban J connectivity index is 1.55. The van der Waals surface area contributed by atoms with E-state index >= 15 is 4.39 Å². The van der Waals surface area contributed by atoms with Gasteiger partial charge < -0.3 is 25.6 Å². The first-order valence-corrected chi connectivity index (χ1v) is 13.8. The van der Waals surface area contributed by atoms with Crippen LogP contribution in [0.25, 0.3) is 22.2 Å². The van der Waals surface area contributed by atoms with E-state index in [2.05, 4.69) is 25.1 Å². The van der Waals surface area contributed by atoms with Crippen LogP contribution in [0.3, 0.4) is 0 Å². The van der Waals surface area contributed by atoms with Crippen LogP contribution in [-0.4, -0.2) is 71.3 Å². The summed E-state index contributed by atoms with van der Waals surface area (Å²) in [6.45, 7) is 3.99. The summed E-state index contributed by atoms with van der Waals surface area (Å²) in [5.74, 6) is -0.741. The van der Waals surface area contributed by atoms with Crippen molar-refractivity contribution in [3.63, 3.8) is 0 Å². The number of nitrogens with one attached hydrogen (secondary N) is 1. The van der Waals surface area contributed by atoms with Crippen molar-refractivity contribution in [2.45, 2.75) is 56.9 Å². The predicted molar refractivity (Wildman–Crippen MR) is 145 cm³/mol. The van der Waals surface area contributed by atoms with Gasteiger partial charge >= 0.3 is 12.2 Å². The van der Waals surface area contributed by atoms with Gasteiger partial charge in [-0.2, -0.15) is 23.1 Å². The average Bonchev–Trinajstić information content (AvgIpc) is 3.39. The van der Waals surface area contributed by atoms with Crippen LogP contribution in [0.1, 0.15) is 36.8 Å². The van der Waals surface area contributed by atoms with Gasteiger partial charge in [-0.15, -0.1) is 0 Å². The fraction of sp³-hybridized carbons (Fsp3) is 0.519. The predicted octanol–water partition coefficient (Wildman–Crippen LogP) is 4.81. The molecule has 0 aliphatic carbocycles. The number of aromatic nitrogens is 3. The summed E-state index contributed by atoms with van der Waals surface area (Å²) in [7, 11) is 2.01. The summed E-state index contributed by atoms with van der Waals surface area (Å²) in [4.78, 5) is 17.3. The SMILES string of the molecule is Cc1cc(N)nc(-c2c(Cl)cc3c(N4[C@H]5CC[C@H]4CNC5)nc(OC[C@@H]4CCCN4C)nc3c2F)c1C(F)(F)F. The maximum absolute atomic E-state index is 16.5. The maximum atomic E-state index is 16.5. The van der Waals surface area contributed by atoms with Crippen LogP contribution >= 0.6 is 11.6 Å². The van der Waals surface area contributed by atoms with Crippen molar-refractivity contribution in [1.82, 2.24) is 25.2 Å². The van der Waals surface area contributed by atoms with Gasteiger partial charge in [0.05, 0.1) is 21.8 Å². The summed E-state index contributed by atoms with van der Waals surface area (Å²) in [6, 6.07) is 2.93. The molecular weight excluding hydrogens is 550 g/mol. The topological polar surface area (TPSA) is 92.4 Å². The molecule has 3 N–H and O–H groups in total. The Kier molecular flexibility index (Phi) is 6.90. The summed E-state index contributed by atoms with van der Waals surface area (Å²) >= 11 is 6.56. The summed E-state index contributed by atoms with van der Waals surface area (Å²) in [6.07, 6.45) is -0.954. The van der Waals surface area contributed by atoms with E-state index in [1.165, 1.54) is 13.0 Å². The first kappa shape index (κ1) is 27.2. The number of alkyl halides is 3. The normalized spacial score (nSPS) is 23.4. The minimum Gasteiger partial charge on any atom is -0.462 e. The molecular formula is C27H30ClF4N7O. The number of benzene rings is 1. The fourth-order valence-corrected chi connectivity index (χ4v) is 6.64. The number of fused-ring (bicyclic) bond motifs is 3. The van der Waals surface area contributed by atoms with E-state index in [4.69, 9.17) is 27.1 Å². The Morgan fingerprint density at radius 3 is 2.50 bits per heavy atom. The second-order valence-electron chi connectivity index (χ2n) is 10.9. The number of pyridine rings is 1. The molecule has 0 radical (unpaired) electrons. The van der Waals surface area contributed by atoms with E-state index in [9.17, 15) is 13.2 Å². The highest BCUT2D eigenvalue weighted by molar-refractivity contribution is 6.34. The smallest absolute Gasteiger partial charge is 0.418 e. The summed E-state index contributed by atoms with van der Waals surface area (Å²) < 4.78 is 64.9. The summed E-state index contributed by atoms with van der Waals surface area (Å²) in [5, 5.41) is 3.49. The summed E-state index contributed by atoms with van der Waals surface area (Å²) in [5.41, 5.74) is 3.17. The molecule has 3 fully saturated rings. The zero-order valence-corrected chi connectivity index (χ0v) is 22.9. The lowest BCUT2D eigenvalue weighted by Crippen LogP contribution is -2.52. The molecule has 6 rings (SSSR count). The number of likely N-dealkylation sites (tertiary alicyclic amines) is 1. The Hall–Kier alpha value is -2.96. The maximum Gasteiger partial charge on any atom is 0.418 e. The third-order valence-corrected chi connectivity index (χ3v) is 8.60. The lowest BCUT2D eigenvalue weighted by molar-refractivity contribution is -0.137. The van der Waals surface area contributed by atoms with Crippen molar-refractivity contribution in [3.05, 3.63) is 34.1 Å². The van der Waals surface area contributed by atoms with E-state index in [1.807, 2.05) is 7.05 Å². The number of nitrogens with zero attached hydrogens (tertiary/aromatic N) is 5. The van der Waals surface area contributed by atoms with Crippen LogP contribution in [0.5, 0.6) is 6.01 Å². The number of nitrogens with two attached hydrogens (primary N) is 1. The van der Waals surface area contributed by atoms with Crippen LogP contribution in [-0.2, 0) is 6.18 Å². The molecule has 8 nitrogen and oxygen atoms in total.